The third-order valence-corrected chi connectivity index (χ3v) is 3.77. The fraction of sp³-hybridized carbons (Fsp3) is 0.700. The molecule has 0 atom stereocenters. The molecular weight excluding hydrogens is 240 g/mol. The molecule has 0 radical (unpaired) electrons. The van der Waals surface area contributed by atoms with Crippen molar-refractivity contribution in [3.05, 3.63) is 36.5 Å². The monoisotopic (exact) mass is 278 g/mol. The molecular formula is C20H38. The van der Waals surface area contributed by atoms with E-state index < -0.39 is 0 Å². The first kappa shape index (κ1) is 21.5. The van der Waals surface area contributed by atoms with Gasteiger partial charge in [-0.25, -0.2) is 0 Å². The molecule has 20 heavy (non-hydrogen) atoms. The van der Waals surface area contributed by atoms with Gasteiger partial charge >= 0.3 is 0 Å². The van der Waals surface area contributed by atoms with Crippen LogP contribution in [0.4, 0.5) is 0 Å². The molecule has 0 unspecified atom stereocenters. The van der Waals surface area contributed by atoms with Crippen LogP contribution >= 0.6 is 0 Å². The summed E-state index contributed by atoms with van der Waals surface area (Å²) >= 11 is 0. The third kappa shape index (κ3) is 13.6. The molecule has 0 aromatic heterocycles. The molecule has 0 N–H and O–H groups in total. The molecule has 0 nitrogen and oxygen atoms in total. The minimum Gasteiger partial charge on any atom is -0.103 e. The Morgan fingerprint density at radius 2 is 1.70 bits per heavy atom. The molecule has 1 rings (SSSR count). The predicted molar refractivity (Wildman–Crippen MR) is 96.1 cm³/mol. The molecule has 0 aromatic carbocycles. The molecule has 0 aromatic rings. The Hall–Kier alpha value is -0.780. The lowest BCUT2D eigenvalue weighted by atomic mass is 9.81. The largest absolute Gasteiger partial charge is 0.103 e. The molecule has 0 bridgehead atoms. The van der Waals surface area contributed by atoms with E-state index in [1.807, 2.05) is 26.8 Å². The summed E-state index contributed by atoms with van der Waals surface area (Å²) in [5.41, 5.74) is 1.43. The highest BCUT2D eigenvalue weighted by Gasteiger charge is 2.16. The summed E-state index contributed by atoms with van der Waals surface area (Å²) in [4.78, 5) is 0. The maximum atomic E-state index is 3.77. The maximum Gasteiger partial charge on any atom is -0.0325 e. The van der Waals surface area contributed by atoms with Crippen LogP contribution in [0, 0.1) is 11.8 Å². The lowest BCUT2D eigenvalue weighted by molar-refractivity contribution is 0.292. The van der Waals surface area contributed by atoms with E-state index in [0.717, 1.165) is 18.3 Å². The molecule has 0 saturated heterocycles. The predicted octanol–water partition coefficient (Wildman–Crippen LogP) is 7.33. The van der Waals surface area contributed by atoms with Crippen LogP contribution in [-0.4, -0.2) is 0 Å². The first-order valence-electron chi connectivity index (χ1n) is 8.53. The summed E-state index contributed by atoms with van der Waals surface area (Å²) in [5.74, 6) is 1.95. The van der Waals surface area contributed by atoms with Gasteiger partial charge in [-0.1, -0.05) is 70.4 Å². The fourth-order valence-corrected chi connectivity index (χ4v) is 2.18. The van der Waals surface area contributed by atoms with Crippen molar-refractivity contribution in [2.75, 3.05) is 0 Å². The standard InChI is InChI=1S/C10H18.C8H14.C2H6/c1-3-4-10-7-5-9(2)6-8-10;1-4-6-7-8(3)5-2;1-2/h3,9-10H,1,4-8H2,2H3;4,6-7H,5H2,1-3H3;1-2H3/b;6-4-,8-7-;. The van der Waals surface area contributed by atoms with E-state index in [-0.39, 0.29) is 0 Å². The van der Waals surface area contributed by atoms with Gasteiger partial charge in [0.25, 0.3) is 0 Å². The van der Waals surface area contributed by atoms with Crippen LogP contribution < -0.4 is 0 Å². The lowest BCUT2D eigenvalue weighted by Gasteiger charge is -2.24. The van der Waals surface area contributed by atoms with Gasteiger partial charge in [0.2, 0.25) is 0 Å². The molecule has 0 amide bonds. The van der Waals surface area contributed by atoms with E-state index in [1.54, 1.807) is 0 Å². The Bertz CT molecular complexity index is 249. The second kappa shape index (κ2) is 16.3. The Balaban J connectivity index is 0. The minimum atomic E-state index is 0.966. The molecule has 0 heterocycles. The van der Waals surface area contributed by atoms with E-state index in [2.05, 4.69) is 45.6 Å². The SMILES string of the molecule is C/C=C\C=C(\C)CC.C=CCC1CCC(C)CC1.CC. The molecule has 1 fully saturated rings. The Morgan fingerprint density at radius 1 is 1.15 bits per heavy atom. The molecule has 0 aliphatic heterocycles. The molecule has 0 spiro atoms. The van der Waals surface area contributed by atoms with Gasteiger partial charge < -0.3 is 0 Å². The van der Waals surface area contributed by atoms with E-state index in [4.69, 9.17) is 0 Å². The van der Waals surface area contributed by atoms with Gasteiger partial charge in [0.1, 0.15) is 0 Å². The normalized spacial score (nSPS) is 22.4. The zero-order valence-corrected chi connectivity index (χ0v) is 14.9. The summed E-state index contributed by atoms with van der Waals surface area (Å²) in [7, 11) is 0. The zero-order valence-electron chi connectivity index (χ0n) is 14.9. The first-order chi connectivity index (χ1) is 9.63. The fourth-order valence-electron chi connectivity index (χ4n) is 2.18. The molecule has 1 aliphatic carbocycles. The smallest absolute Gasteiger partial charge is 0.0325 e. The van der Waals surface area contributed by atoms with Gasteiger partial charge in [0.05, 0.1) is 0 Å². The minimum absolute atomic E-state index is 0.966. The van der Waals surface area contributed by atoms with E-state index in [1.165, 1.54) is 37.7 Å². The summed E-state index contributed by atoms with van der Waals surface area (Å²) in [6.07, 6.45) is 16.5. The van der Waals surface area contributed by atoms with Crippen LogP contribution in [0.1, 0.15) is 80.1 Å². The highest BCUT2D eigenvalue weighted by molar-refractivity contribution is 5.08. The van der Waals surface area contributed by atoms with Gasteiger partial charge in [-0.05, 0) is 51.4 Å². The zero-order chi connectivity index (χ0) is 15.8. The van der Waals surface area contributed by atoms with Gasteiger partial charge in [-0.15, -0.1) is 6.58 Å². The van der Waals surface area contributed by atoms with Gasteiger partial charge in [0, 0.05) is 0 Å². The van der Waals surface area contributed by atoms with Crippen molar-refractivity contribution in [2.45, 2.75) is 80.1 Å². The lowest BCUT2D eigenvalue weighted by Crippen LogP contribution is -2.11. The van der Waals surface area contributed by atoms with Crippen LogP contribution in [0.2, 0.25) is 0 Å². The Kier molecular flexibility index (Phi) is 17.5. The topological polar surface area (TPSA) is 0 Å². The van der Waals surface area contributed by atoms with Crippen LogP contribution in [0.15, 0.2) is 36.5 Å². The number of rotatable bonds is 4. The Labute approximate surface area is 129 Å². The molecule has 1 aliphatic rings. The van der Waals surface area contributed by atoms with E-state index in [9.17, 15) is 0 Å². The summed E-state index contributed by atoms with van der Waals surface area (Å²) in [5, 5.41) is 0. The number of hydrogen-bond acceptors (Lipinski definition) is 0. The van der Waals surface area contributed by atoms with Crippen LogP contribution in [0.5, 0.6) is 0 Å². The quantitative estimate of drug-likeness (QED) is 0.373. The van der Waals surface area contributed by atoms with E-state index >= 15 is 0 Å². The van der Waals surface area contributed by atoms with E-state index in [0.29, 0.717) is 0 Å². The number of allylic oxidation sites excluding steroid dienone is 5. The third-order valence-electron chi connectivity index (χ3n) is 3.77. The van der Waals surface area contributed by atoms with Crippen molar-refractivity contribution in [1.82, 2.24) is 0 Å². The van der Waals surface area contributed by atoms with Gasteiger partial charge in [-0.2, -0.15) is 0 Å². The van der Waals surface area contributed by atoms with Crippen LogP contribution in [0.3, 0.4) is 0 Å². The first-order valence-corrected chi connectivity index (χ1v) is 8.53. The van der Waals surface area contributed by atoms with Crippen LogP contribution in [-0.2, 0) is 0 Å². The van der Waals surface area contributed by atoms with Crippen molar-refractivity contribution in [3.8, 4) is 0 Å². The average Bonchev–Trinajstić information content (AvgIpc) is 2.50. The Morgan fingerprint density at radius 3 is 2.10 bits per heavy atom. The summed E-state index contributed by atoms with van der Waals surface area (Å²) in [6, 6.07) is 0. The van der Waals surface area contributed by atoms with Crippen molar-refractivity contribution in [2.24, 2.45) is 11.8 Å². The highest BCUT2D eigenvalue weighted by atomic mass is 14.2. The van der Waals surface area contributed by atoms with Crippen molar-refractivity contribution >= 4 is 0 Å². The summed E-state index contributed by atoms with van der Waals surface area (Å²) in [6.45, 7) is 16.5. The molecule has 1 saturated carbocycles. The molecule has 0 heteroatoms. The van der Waals surface area contributed by atoms with Crippen LogP contribution in [0.25, 0.3) is 0 Å². The number of hydrogen-bond donors (Lipinski definition) is 0. The van der Waals surface area contributed by atoms with Gasteiger partial charge in [0.15, 0.2) is 0 Å². The second-order valence-corrected chi connectivity index (χ2v) is 5.54. The van der Waals surface area contributed by atoms with Crippen molar-refractivity contribution in [1.29, 1.82) is 0 Å². The van der Waals surface area contributed by atoms with Gasteiger partial charge in [-0.3, -0.25) is 0 Å². The van der Waals surface area contributed by atoms with Crippen molar-refractivity contribution < 1.29 is 0 Å². The average molecular weight is 279 g/mol. The summed E-state index contributed by atoms with van der Waals surface area (Å²) < 4.78 is 0. The highest BCUT2D eigenvalue weighted by Crippen LogP contribution is 2.30. The molecule has 118 valence electrons. The maximum absolute atomic E-state index is 3.77. The van der Waals surface area contributed by atoms with Crippen molar-refractivity contribution in [3.63, 3.8) is 0 Å². The second-order valence-electron chi connectivity index (χ2n) is 5.54.